The summed E-state index contributed by atoms with van der Waals surface area (Å²) < 4.78 is 17.3. The summed E-state index contributed by atoms with van der Waals surface area (Å²) >= 11 is 3.59. The van der Waals surface area contributed by atoms with Crippen molar-refractivity contribution in [2.75, 3.05) is 34.4 Å². The van der Waals surface area contributed by atoms with Crippen LogP contribution in [-0.2, 0) is 16.0 Å². The van der Waals surface area contributed by atoms with Crippen molar-refractivity contribution in [2.45, 2.75) is 18.8 Å². The number of rotatable bonds is 5. The molecule has 0 N–H and O–H groups in total. The first-order valence-electron chi connectivity index (χ1n) is 6.28. The monoisotopic (exact) mass is 329 g/mol. The number of methoxy groups -OCH3 is 3. The van der Waals surface area contributed by atoms with Crippen LogP contribution in [0.1, 0.15) is 5.56 Å². The number of hydrogen-bond acceptors (Lipinski definition) is 4. The summed E-state index contributed by atoms with van der Waals surface area (Å²) in [4.78, 5) is 2.34. The molecule has 0 aliphatic carbocycles. The van der Waals surface area contributed by atoms with Crippen LogP contribution < -0.4 is 4.74 Å². The van der Waals surface area contributed by atoms with Crippen molar-refractivity contribution in [3.63, 3.8) is 0 Å². The first-order chi connectivity index (χ1) is 9.17. The van der Waals surface area contributed by atoms with Gasteiger partial charge in [0.2, 0.25) is 0 Å². The zero-order valence-electron chi connectivity index (χ0n) is 11.6. The van der Waals surface area contributed by atoms with Crippen molar-refractivity contribution in [3.05, 3.63) is 28.2 Å². The lowest BCUT2D eigenvalue weighted by atomic mass is 10.2. The molecule has 1 aliphatic rings. The highest BCUT2D eigenvalue weighted by atomic mass is 79.9. The minimum absolute atomic E-state index is 0.148. The van der Waals surface area contributed by atoms with E-state index in [2.05, 4.69) is 26.9 Å². The Hall–Kier alpha value is -0.620. The van der Waals surface area contributed by atoms with Gasteiger partial charge in [-0.05, 0) is 23.8 Å². The molecular weight excluding hydrogens is 310 g/mol. The molecule has 0 aromatic heterocycles. The fourth-order valence-electron chi connectivity index (χ4n) is 2.44. The normalized spacial score (nSPS) is 23.8. The van der Waals surface area contributed by atoms with Gasteiger partial charge in [0.15, 0.2) is 0 Å². The van der Waals surface area contributed by atoms with E-state index >= 15 is 0 Å². The molecule has 0 amide bonds. The number of halogens is 1. The zero-order valence-corrected chi connectivity index (χ0v) is 13.1. The molecule has 0 bridgehead atoms. The van der Waals surface area contributed by atoms with E-state index in [-0.39, 0.29) is 12.2 Å². The SMILES string of the molecule is COc1ccc(Br)c(CN2CC(OC)C(OC)C2)c1. The highest BCUT2D eigenvalue weighted by molar-refractivity contribution is 9.10. The standard InChI is InChI=1S/C14H20BrNO3/c1-17-11-4-5-12(15)10(6-11)7-16-8-13(18-2)14(9-16)19-3/h4-6,13-14H,7-9H2,1-3H3. The van der Waals surface area contributed by atoms with Crippen LogP contribution in [0.25, 0.3) is 0 Å². The Labute approximate surface area is 122 Å². The third-order valence-electron chi connectivity index (χ3n) is 3.54. The van der Waals surface area contributed by atoms with Crippen LogP contribution in [0, 0.1) is 0 Å². The van der Waals surface area contributed by atoms with Crippen molar-refractivity contribution in [1.29, 1.82) is 0 Å². The number of benzene rings is 1. The van der Waals surface area contributed by atoms with Crippen LogP contribution in [0.15, 0.2) is 22.7 Å². The van der Waals surface area contributed by atoms with Gasteiger partial charge in [0.05, 0.1) is 19.3 Å². The van der Waals surface area contributed by atoms with Crippen molar-refractivity contribution in [2.24, 2.45) is 0 Å². The Bertz CT molecular complexity index is 415. The first-order valence-corrected chi connectivity index (χ1v) is 7.07. The minimum atomic E-state index is 0.148. The average Bonchev–Trinajstić information content (AvgIpc) is 2.83. The minimum Gasteiger partial charge on any atom is -0.497 e. The maximum absolute atomic E-state index is 5.45. The zero-order chi connectivity index (χ0) is 13.8. The van der Waals surface area contributed by atoms with E-state index in [1.807, 2.05) is 12.1 Å². The second kappa shape index (κ2) is 6.70. The lowest BCUT2D eigenvalue weighted by Crippen LogP contribution is -2.27. The molecule has 2 atom stereocenters. The van der Waals surface area contributed by atoms with Crippen LogP contribution >= 0.6 is 15.9 Å². The first kappa shape index (κ1) is 14.8. The maximum atomic E-state index is 5.45. The molecule has 5 heteroatoms. The molecule has 1 aromatic carbocycles. The molecule has 106 valence electrons. The van der Waals surface area contributed by atoms with Gasteiger partial charge in [-0.1, -0.05) is 15.9 Å². The number of nitrogens with zero attached hydrogens (tertiary/aromatic N) is 1. The van der Waals surface area contributed by atoms with E-state index in [1.54, 1.807) is 21.3 Å². The van der Waals surface area contributed by atoms with Crippen LogP contribution in [0.3, 0.4) is 0 Å². The smallest absolute Gasteiger partial charge is 0.119 e. The Morgan fingerprint density at radius 2 is 1.79 bits per heavy atom. The molecule has 1 aromatic rings. The second-order valence-corrected chi connectivity index (χ2v) is 5.55. The van der Waals surface area contributed by atoms with E-state index in [0.29, 0.717) is 0 Å². The van der Waals surface area contributed by atoms with Gasteiger partial charge in [-0.2, -0.15) is 0 Å². The summed E-state index contributed by atoms with van der Waals surface area (Å²) in [6, 6.07) is 6.03. The van der Waals surface area contributed by atoms with Crippen molar-refractivity contribution < 1.29 is 14.2 Å². The molecule has 1 fully saturated rings. The molecule has 0 radical (unpaired) electrons. The van der Waals surface area contributed by atoms with Gasteiger partial charge in [0.1, 0.15) is 5.75 Å². The van der Waals surface area contributed by atoms with Gasteiger partial charge in [0, 0.05) is 38.3 Å². The fourth-order valence-corrected chi connectivity index (χ4v) is 2.81. The molecule has 1 heterocycles. The van der Waals surface area contributed by atoms with Crippen LogP contribution in [-0.4, -0.2) is 51.5 Å². The quantitative estimate of drug-likeness (QED) is 0.829. The molecule has 2 rings (SSSR count). The fraction of sp³-hybridized carbons (Fsp3) is 0.571. The van der Waals surface area contributed by atoms with Crippen molar-refractivity contribution in [3.8, 4) is 5.75 Å². The summed E-state index contributed by atoms with van der Waals surface area (Å²) in [6.07, 6.45) is 0.295. The van der Waals surface area contributed by atoms with E-state index in [9.17, 15) is 0 Å². The second-order valence-electron chi connectivity index (χ2n) is 4.70. The van der Waals surface area contributed by atoms with Gasteiger partial charge in [-0.3, -0.25) is 4.90 Å². The van der Waals surface area contributed by atoms with Gasteiger partial charge < -0.3 is 14.2 Å². The third-order valence-corrected chi connectivity index (χ3v) is 4.32. The highest BCUT2D eigenvalue weighted by Crippen LogP contribution is 2.26. The summed E-state index contributed by atoms with van der Waals surface area (Å²) in [5.41, 5.74) is 1.21. The largest absolute Gasteiger partial charge is 0.497 e. The van der Waals surface area contributed by atoms with E-state index in [4.69, 9.17) is 14.2 Å². The summed E-state index contributed by atoms with van der Waals surface area (Å²) in [7, 11) is 5.16. The summed E-state index contributed by atoms with van der Waals surface area (Å²) in [5, 5.41) is 0. The molecule has 1 saturated heterocycles. The Morgan fingerprint density at radius 3 is 2.32 bits per heavy atom. The lowest BCUT2D eigenvalue weighted by molar-refractivity contribution is -0.00461. The van der Waals surface area contributed by atoms with E-state index in [1.165, 1.54) is 5.56 Å². The summed E-state index contributed by atoms with van der Waals surface area (Å²) in [6.45, 7) is 2.63. The van der Waals surface area contributed by atoms with Gasteiger partial charge in [-0.25, -0.2) is 0 Å². The molecule has 2 unspecified atom stereocenters. The van der Waals surface area contributed by atoms with Gasteiger partial charge in [-0.15, -0.1) is 0 Å². The predicted molar refractivity (Wildman–Crippen MR) is 77.6 cm³/mol. The topological polar surface area (TPSA) is 30.9 Å². The predicted octanol–water partition coefficient (Wildman–Crippen LogP) is 2.30. The van der Waals surface area contributed by atoms with Gasteiger partial charge in [0.25, 0.3) is 0 Å². The Kier molecular flexibility index (Phi) is 5.21. The van der Waals surface area contributed by atoms with Crippen LogP contribution in [0.2, 0.25) is 0 Å². The number of likely N-dealkylation sites (tertiary alicyclic amines) is 1. The molecule has 1 aliphatic heterocycles. The lowest BCUT2D eigenvalue weighted by Gasteiger charge is -2.16. The molecule has 4 nitrogen and oxygen atoms in total. The average molecular weight is 330 g/mol. The summed E-state index contributed by atoms with van der Waals surface area (Å²) in [5.74, 6) is 0.879. The maximum Gasteiger partial charge on any atom is 0.119 e. The van der Waals surface area contributed by atoms with Crippen LogP contribution in [0.4, 0.5) is 0 Å². The Balaban J connectivity index is 2.06. The number of hydrogen-bond donors (Lipinski definition) is 0. The van der Waals surface area contributed by atoms with Crippen LogP contribution in [0.5, 0.6) is 5.75 Å². The van der Waals surface area contributed by atoms with Crippen molar-refractivity contribution in [1.82, 2.24) is 4.90 Å². The number of ether oxygens (including phenoxy) is 3. The van der Waals surface area contributed by atoms with Gasteiger partial charge >= 0.3 is 0 Å². The molecule has 19 heavy (non-hydrogen) atoms. The van der Waals surface area contributed by atoms with E-state index in [0.717, 1.165) is 29.9 Å². The van der Waals surface area contributed by atoms with E-state index < -0.39 is 0 Å². The highest BCUT2D eigenvalue weighted by Gasteiger charge is 2.32. The Morgan fingerprint density at radius 1 is 1.16 bits per heavy atom. The molecule has 0 saturated carbocycles. The van der Waals surface area contributed by atoms with Crippen molar-refractivity contribution >= 4 is 15.9 Å². The molecule has 0 spiro atoms. The third kappa shape index (κ3) is 3.48. The molecular formula is C14H20BrNO3.